The monoisotopic (exact) mass is 240 g/mol. The van der Waals surface area contributed by atoms with Crippen molar-refractivity contribution in [2.75, 3.05) is 6.54 Å². The standard InChI is InChI=1S/C12H20N2OS/c1-2-12(15)11-5-3-4-6-14(11)8-10-7-13-9-16-10/h7,9,11-12,15H,2-6,8H2,1H3. The van der Waals surface area contributed by atoms with Crippen molar-refractivity contribution in [1.29, 1.82) is 0 Å². The lowest BCUT2D eigenvalue weighted by Gasteiger charge is -2.37. The van der Waals surface area contributed by atoms with Crippen molar-refractivity contribution in [1.82, 2.24) is 9.88 Å². The summed E-state index contributed by atoms with van der Waals surface area (Å²) in [5.74, 6) is 0. The molecule has 0 amide bonds. The summed E-state index contributed by atoms with van der Waals surface area (Å²) in [4.78, 5) is 7.83. The van der Waals surface area contributed by atoms with Crippen molar-refractivity contribution in [2.24, 2.45) is 0 Å². The van der Waals surface area contributed by atoms with Crippen LogP contribution in [0.4, 0.5) is 0 Å². The predicted molar refractivity (Wildman–Crippen MR) is 66.5 cm³/mol. The first-order valence-electron chi connectivity index (χ1n) is 6.10. The Kier molecular flexibility index (Phi) is 4.32. The molecule has 1 aromatic heterocycles. The maximum Gasteiger partial charge on any atom is 0.0794 e. The number of piperidine rings is 1. The molecule has 1 saturated heterocycles. The van der Waals surface area contributed by atoms with Crippen LogP contribution in [0.3, 0.4) is 0 Å². The number of rotatable bonds is 4. The molecule has 0 radical (unpaired) electrons. The Morgan fingerprint density at radius 3 is 3.19 bits per heavy atom. The molecule has 1 aliphatic heterocycles. The van der Waals surface area contributed by atoms with E-state index in [-0.39, 0.29) is 6.10 Å². The number of nitrogens with zero attached hydrogens (tertiary/aromatic N) is 2. The molecule has 1 fully saturated rings. The van der Waals surface area contributed by atoms with Gasteiger partial charge in [0.15, 0.2) is 0 Å². The number of hydrogen-bond donors (Lipinski definition) is 1. The molecule has 90 valence electrons. The van der Waals surface area contributed by atoms with E-state index in [9.17, 15) is 5.11 Å². The molecule has 2 heterocycles. The van der Waals surface area contributed by atoms with Gasteiger partial charge in [0.2, 0.25) is 0 Å². The predicted octanol–water partition coefficient (Wildman–Crippen LogP) is 2.27. The number of hydrogen-bond acceptors (Lipinski definition) is 4. The molecule has 0 bridgehead atoms. The Morgan fingerprint density at radius 1 is 1.62 bits per heavy atom. The highest BCUT2D eigenvalue weighted by molar-refractivity contribution is 7.09. The van der Waals surface area contributed by atoms with E-state index < -0.39 is 0 Å². The van der Waals surface area contributed by atoms with Gasteiger partial charge in [-0.25, -0.2) is 0 Å². The van der Waals surface area contributed by atoms with E-state index in [1.807, 2.05) is 11.7 Å². The van der Waals surface area contributed by atoms with E-state index in [0.29, 0.717) is 6.04 Å². The van der Waals surface area contributed by atoms with Crippen LogP contribution in [0.25, 0.3) is 0 Å². The molecule has 0 aromatic carbocycles. The molecule has 3 nitrogen and oxygen atoms in total. The first-order chi connectivity index (χ1) is 7.81. The lowest BCUT2D eigenvalue weighted by molar-refractivity contribution is 0.0200. The highest BCUT2D eigenvalue weighted by atomic mass is 32.1. The van der Waals surface area contributed by atoms with Gasteiger partial charge in [0, 0.05) is 23.7 Å². The highest BCUT2D eigenvalue weighted by Crippen LogP contribution is 2.24. The van der Waals surface area contributed by atoms with Crippen LogP contribution in [0.15, 0.2) is 11.7 Å². The number of likely N-dealkylation sites (tertiary alicyclic amines) is 1. The summed E-state index contributed by atoms with van der Waals surface area (Å²) in [6.45, 7) is 4.12. The molecule has 1 N–H and O–H groups in total. The lowest BCUT2D eigenvalue weighted by Crippen LogP contribution is -2.45. The van der Waals surface area contributed by atoms with Gasteiger partial charge in [0.1, 0.15) is 0 Å². The van der Waals surface area contributed by atoms with Crippen LogP contribution in [0, 0.1) is 0 Å². The molecule has 0 aliphatic carbocycles. The molecular formula is C12H20N2OS. The SMILES string of the molecule is CCC(O)C1CCCCN1Cc1cncs1. The number of aliphatic hydroxyl groups excluding tert-OH is 1. The molecule has 2 atom stereocenters. The van der Waals surface area contributed by atoms with E-state index in [2.05, 4.69) is 16.8 Å². The van der Waals surface area contributed by atoms with Gasteiger partial charge < -0.3 is 5.11 Å². The van der Waals surface area contributed by atoms with Crippen molar-refractivity contribution in [3.63, 3.8) is 0 Å². The lowest BCUT2D eigenvalue weighted by atomic mass is 9.96. The molecule has 4 heteroatoms. The average Bonchev–Trinajstić information content (AvgIpc) is 2.82. The average molecular weight is 240 g/mol. The van der Waals surface area contributed by atoms with Crippen molar-refractivity contribution < 1.29 is 5.11 Å². The first kappa shape index (κ1) is 12.0. The van der Waals surface area contributed by atoms with Gasteiger partial charge >= 0.3 is 0 Å². The van der Waals surface area contributed by atoms with Crippen LogP contribution in [0.2, 0.25) is 0 Å². The summed E-state index contributed by atoms with van der Waals surface area (Å²) in [6, 6.07) is 0.348. The minimum atomic E-state index is -0.173. The highest BCUT2D eigenvalue weighted by Gasteiger charge is 2.27. The summed E-state index contributed by atoms with van der Waals surface area (Å²) in [6.07, 6.45) is 6.26. The van der Waals surface area contributed by atoms with Crippen LogP contribution in [-0.2, 0) is 6.54 Å². The second-order valence-electron chi connectivity index (χ2n) is 4.48. The zero-order valence-corrected chi connectivity index (χ0v) is 10.6. The number of aliphatic hydroxyl groups is 1. The topological polar surface area (TPSA) is 36.4 Å². The summed E-state index contributed by atoms with van der Waals surface area (Å²) >= 11 is 1.70. The van der Waals surface area contributed by atoms with Gasteiger partial charge in [-0.3, -0.25) is 9.88 Å². The third kappa shape index (κ3) is 2.81. The summed E-state index contributed by atoms with van der Waals surface area (Å²) in [5, 5.41) is 10.0. The Morgan fingerprint density at radius 2 is 2.50 bits per heavy atom. The fourth-order valence-corrected chi connectivity index (χ4v) is 3.06. The van der Waals surface area contributed by atoms with Crippen molar-refractivity contribution >= 4 is 11.3 Å². The van der Waals surface area contributed by atoms with Crippen molar-refractivity contribution in [2.45, 2.75) is 51.3 Å². The van der Waals surface area contributed by atoms with E-state index in [1.54, 1.807) is 11.3 Å². The minimum absolute atomic E-state index is 0.173. The maximum atomic E-state index is 10.0. The van der Waals surface area contributed by atoms with Gasteiger partial charge in [-0.1, -0.05) is 13.3 Å². The summed E-state index contributed by atoms with van der Waals surface area (Å²) < 4.78 is 0. The van der Waals surface area contributed by atoms with Crippen molar-refractivity contribution in [3.8, 4) is 0 Å². The fourth-order valence-electron chi connectivity index (χ4n) is 2.44. The van der Waals surface area contributed by atoms with Gasteiger partial charge in [-0.05, 0) is 25.8 Å². The van der Waals surface area contributed by atoms with Gasteiger partial charge in [0.05, 0.1) is 11.6 Å². The van der Waals surface area contributed by atoms with E-state index in [1.165, 1.54) is 17.7 Å². The second kappa shape index (κ2) is 5.75. The zero-order valence-electron chi connectivity index (χ0n) is 9.80. The molecule has 2 unspecified atom stereocenters. The van der Waals surface area contributed by atoms with Crippen LogP contribution < -0.4 is 0 Å². The Bertz CT molecular complexity index is 302. The van der Waals surface area contributed by atoms with Crippen molar-refractivity contribution in [3.05, 3.63) is 16.6 Å². The molecule has 16 heavy (non-hydrogen) atoms. The van der Waals surface area contributed by atoms with Crippen LogP contribution in [0.1, 0.15) is 37.5 Å². The largest absolute Gasteiger partial charge is 0.392 e. The second-order valence-corrected chi connectivity index (χ2v) is 5.45. The summed E-state index contributed by atoms with van der Waals surface area (Å²) in [5.41, 5.74) is 1.88. The summed E-state index contributed by atoms with van der Waals surface area (Å²) in [7, 11) is 0. The van der Waals surface area contributed by atoms with E-state index in [4.69, 9.17) is 0 Å². The smallest absolute Gasteiger partial charge is 0.0794 e. The molecule has 0 saturated carbocycles. The first-order valence-corrected chi connectivity index (χ1v) is 6.98. The molecule has 0 spiro atoms. The van der Waals surface area contributed by atoms with Crippen LogP contribution in [0.5, 0.6) is 0 Å². The molecule has 1 aliphatic rings. The Hall–Kier alpha value is -0.450. The molecular weight excluding hydrogens is 220 g/mol. The van der Waals surface area contributed by atoms with E-state index in [0.717, 1.165) is 25.9 Å². The third-order valence-electron chi connectivity index (χ3n) is 3.37. The third-order valence-corrected chi connectivity index (χ3v) is 4.13. The number of aromatic nitrogens is 1. The van der Waals surface area contributed by atoms with Crippen LogP contribution >= 0.6 is 11.3 Å². The van der Waals surface area contributed by atoms with Gasteiger partial charge in [0.25, 0.3) is 0 Å². The number of thiazole rings is 1. The minimum Gasteiger partial charge on any atom is -0.392 e. The Balaban J connectivity index is 1.99. The quantitative estimate of drug-likeness (QED) is 0.877. The Labute approximate surface area is 101 Å². The molecule has 1 aromatic rings. The fraction of sp³-hybridized carbons (Fsp3) is 0.750. The van der Waals surface area contributed by atoms with Crippen LogP contribution in [-0.4, -0.2) is 33.7 Å². The van der Waals surface area contributed by atoms with Gasteiger partial charge in [-0.15, -0.1) is 11.3 Å². The van der Waals surface area contributed by atoms with Gasteiger partial charge in [-0.2, -0.15) is 0 Å². The molecule has 2 rings (SSSR count). The zero-order chi connectivity index (χ0) is 11.4. The van der Waals surface area contributed by atoms with E-state index >= 15 is 0 Å². The maximum absolute atomic E-state index is 10.0. The normalized spacial score (nSPS) is 24.5.